The van der Waals surface area contributed by atoms with Crippen LogP contribution in [0.2, 0.25) is 0 Å². The van der Waals surface area contributed by atoms with Crippen LogP contribution in [0.25, 0.3) is 11.4 Å². The van der Waals surface area contributed by atoms with E-state index in [1.54, 1.807) is 18.2 Å². The first-order valence-corrected chi connectivity index (χ1v) is 15.5. The summed E-state index contributed by atoms with van der Waals surface area (Å²) < 4.78 is 31.3. The Hall–Kier alpha value is -4.42. The number of amides is 1. The molecule has 5 heterocycles. The van der Waals surface area contributed by atoms with Gasteiger partial charge in [-0.3, -0.25) is 9.69 Å². The summed E-state index contributed by atoms with van der Waals surface area (Å²) in [5.74, 6) is 0.415. The molecule has 13 nitrogen and oxygen atoms in total. The molecule has 240 valence electrons. The van der Waals surface area contributed by atoms with Gasteiger partial charge in [-0.15, -0.1) is 0 Å². The number of hydrogen-bond acceptors (Lipinski definition) is 12. The molecule has 0 aliphatic carbocycles. The standard InChI is InChI=1S/C32H35FN8O5/c33-26-15-41(30(42)32(43)18-45-19-32)8-7-28(26)46-27-6-1-21(13-22(27)14-34)29-35-20-36-31(38-29)37-23-2-4-24(5-3-23)39-9-11-40(12-10-39)25-16-44-17-25/h1-6,13,20,25-26,28,43H,7-12,15-19H2,(H,35,36,37,38)/t26-,28-/m0/s1. The van der Waals surface area contributed by atoms with Crippen LogP contribution in [-0.4, -0.2) is 125 Å². The van der Waals surface area contributed by atoms with Crippen molar-refractivity contribution in [1.82, 2.24) is 24.8 Å². The Balaban J connectivity index is 0.964. The number of alkyl halides is 1. The maximum atomic E-state index is 15.1. The summed E-state index contributed by atoms with van der Waals surface area (Å²) in [6.07, 6.45) is -0.720. The van der Waals surface area contributed by atoms with Gasteiger partial charge in [0.15, 0.2) is 17.6 Å². The average Bonchev–Trinajstić information content (AvgIpc) is 3.04. The summed E-state index contributed by atoms with van der Waals surface area (Å²) in [6, 6.07) is 15.7. The molecule has 2 atom stereocenters. The van der Waals surface area contributed by atoms with Crippen molar-refractivity contribution in [3.8, 4) is 23.2 Å². The lowest BCUT2D eigenvalue weighted by molar-refractivity contribution is -0.202. The predicted molar refractivity (Wildman–Crippen MR) is 164 cm³/mol. The van der Waals surface area contributed by atoms with Gasteiger partial charge in [0, 0.05) is 56.1 Å². The lowest BCUT2D eigenvalue weighted by Crippen LogP contribution is -2.63. The lowest BCUT2D eigenvalue weighted by Gasteiger charge is -2.43. The Morgan fingerprint density at radius 2 is 1.85 bits per heavy atom. The Labute approximate surface area is 265 Å². The molecule has 4 aliphatic rings. The molecule has 2 N–H and O–H groups in total. The summed E-state index contributed by atoms with van der Waals surface area (Å²) in [4.78, 5) is 31.8. The summed E-state index contributed by atoms with van der Waals surface area (Å²) in [5, 5.41) is 23.3. The molecule has 0 bridgehead atoms. The molecule has 3 aromatic rings. The number of nitrogens with one attached hydrogen (secondary N) is 1. The highest BCUT2D eigenvalue weighted by molar-refractivity contribution is 5.86. The number of likely N-dealkylation sites (tertiary alicyclic amines) is 1. The monoisotopic (exact) mass is 630 g/mol. The van der Waals surface area contributed by atoms with E-state index in [1.165, 1.54) is 11.2 Å². The average molecular weight is 631 g/mol. The smallest absolute Gasteiger partial charge is 0.259 e. The molecule has 2 aromatic carbocycles. The zero-order valence-electron chi connectivity index (χ0n) is 25.2. The van der Waals surface area contributed by atoms with Crippen molar-refractivity contribution in [3.63, 3.8) is 0 Å². The predicted octanol–water partition coefficient (Wildman–Crippen LogP) is 1.75. The van der Waals surface area contributed by atoms with Gasteiger partial charge in [0.25, 0.3) is 5.91 Å². The van der Waals surface area contributed by atoms with E-state index < -0.39 is 23.8 Å². The number of nitrogens with zero attached hydrogens (tertiary/aromatic N) is 7. The van der Waals surface area contributed by atoms with E-state index in [9.17, 15) is 15.2 Å². The van der Waals surface area contributed by atoms with Crippen LogP contribution in [-0.2, 0) is 14.3 Å². The lowest BCUT2D eigenvalue weighted by atomic mass is 9.97. The number of aromatic nitrogens is 3. The van der Waals surface area contributed by atoms with Crippen molar-refractivity contribution in [3.05, 3.63) is 54.4 Å². The third-order valence-corrected chi connectivity index (χ3v) is 9.00. The first-order valence-electron chi connectivity index (χ1n) is 15.5. The Kier molecular flexibility index (Phi) is 8.39. The van der Waals surface area contributed by atoms with E-state index in [0.29, 0.717) is 23.4 Å². The zero-order valence-corrected chi connectivity index (χ0v) is 25.2. The van der Waals surface area contributed by atoms with Gasteiger partial charge in [0.2, 0.25) is 5.95 Å². The number of piperidine rings is 1. The molecular weight excluding hydrogens is 595 g/mol. The number of hydrogen-bond donors (Lipinski definition) is 2. The fourth-order valence-electron chi connectivity index (χ4n) is 6.10. The van der Waals surface area contributed by atoms with Gasteiger partial charge >= 0.3 is 0 Å². The summed E-state index contributed by atoms with van der Waals surface area (Å²) >= 11 is 0. The second kappa shape index (κ2) is 12.8. The van der Waals surface area contributed by atoms with Crippen LogP contribution < -0.4 is 15.0 Å². The minimum atomic E-state index is -1.58. The number of halogens is 1. The number of rotatable bonds is 8. The van der Waals surface area contributed by atoms with Crippen molar-refractivity contribution in [2.75, 3.05) is 75.9 Å². The van der Waals surface area contributed by atoms with Crippen LogP contribution in [0, 0.1) is 11.3 Å². The normalized spacial score (nSPS) is 23.2. The van der Waals surface area contributed by atoms with Crippen molar-refractivity contribution in [1.29, 1.82) is 5.26 Å². The van der Waals surface area contributed by atoms with E-state index in [-0.39, 0.29) is 44.0 Å². The van der Waals surface area contributed by atoms with Crippen molar-refractivity contribution >= 4 is 23.2 Å². The molecule has 1 amide bonds. The number of anilines is 3. The molecule has 0 saturated carbocycles. The van der Waals surface area contributed by atoms with E-state index in [2.05, 4.69) is 48.3 Å². The van der Waals surface area contributed by atoms with Crippen LogP contribution in [0.4, 0.5) is 21.7 Å². The second-order valence-corrected chi connectivity index (χ2v) is 12.1. The number of piperazine rings is 1. The molecule has 46 heavy (non-hydrogen) atoms. The van der Waals surface area contributed by atoms with Crippen LogP contribution in [0.5, 0.6) is 5.75 Å². The molecule has 0 unspecified atom stereocenters. The van der Waals surface area contributed by atoms with Crippen LogP contribution in [0.1, 0.15) is 12.0 Å². The van der Waals surface area contributed by atoms with Crippen molar-refractivity contribution < 1.29 is 28.5 Å². The molecular formula is C32H35FN8O5. The topological polar surface area (TPSA) is 149 Å². The Morgan fingerprint density at radius 1 is 1.07 bits per heavy atom. The van der Waals surface area contributed by atoms with E-state index in [0.717, 1.165) is 50.8 Å². The molecule has 4 fully saturated rings. The van der Waals surface area contributed by atoms with Gasteiger partial charge < -0.3 is 34.4 Å². The van der Waals surface area contributed by atoms with Crippen molar-refractivity contribution in [2.24, 2.45) is 0 Å². The molecule has 1 aromatic heterocycles. The molecule has 14 heteroatoms. The number of aliphatic hydroxyl groups is 1. The number of carbonyl (C=O) groups excluding carboxylic acids is 1. The first-order chi connectivity index (χ1) is 22.4. The summed E-state index contributed by atoms with van der Waals surface area (Å²) in [7, 11) is 0. The molecule has 0 spiro atoms. The van der Waals surface area contributed by atoms with Gasteiger partial charge in [-0.2, -0.15) is 10.2 Å². The summed E-state index contributed by atoms with van der Waals surface area (Å²) in [6.45, 7) is 5.55. The minimum Gasteiger partial charge on any atom is -0.486 e. The van der Waals surface area contributed by atoms with Crippen molar-refractivity contribution in [2.45, 2.75) is 30.3 Å². The molecule has 0 radical (unpaired) electrons. The van der Waals surface area contributed by atoms with E-state index in [1.807, 2.05) is 12.1 Å². The molecule has 4 aliphatic heterocycles. The fourth-order valence-corrected chi connectivity index (χ4v) is 6.10. The first kappa shape index (κ1) is 30.2. The molecule has 4 saturated heterocycles. The fraction of sp³-hybridized carbons (Fsp3) is 0.469. The maximum absolute atomic E-state index is 15.1. The number of benzene rings is 2. The largest absolute Gasteiger partial charge is 0.486 e. The third-order valence-electron chi connectivity index (χ3n) is 9.00. The van der Waals surface area contributed by atoms with E-state index in [4.69, 9.17) is 14.2 Å². The quantitative estimate of drug-likeness (QED) is 0.374. The summed E-state index contributed by atoms with van der Waals surface area (Å²) in [5.41, 5.74) is 1.20. The van der Waals surface area contributed by atoms with Gasteiger partial charge in [-0.05, 0) is 42.5 Å². The number of nitriles is 1. The van der Waals surface area contributed by atoms with Gasteiger partial charge in [0.1, 0.15) is 24.3 Å². The van der Waals surface area contributed by atoms with Gasteiger partial charge in [-0.25, -0.2) is 14.4 Å². The number of carbonyl (C=O) groups is 1. The van der Waals surface area contributed by atoms with Crippen LogP contribution in [0.3, 0.4) is 0 Å². The van der Waals surface area contributed by atoms with Crippen LogP contribution >= 0.6 is 0 Å². The Bertz CT molecular complexity index is 1600. The highest BCUT2D eigenvalue weighted by atomic mass is 19.1. The van der Waals surface area contributed by atoms with E-state index >= 15 is 4.39 Å². The SMILES string of the molecule is N#Cc1cc(-c2ncnc(Nc3ccc(N4CCN(C5COC5)CC4)cc3)n2)ccc1O[C@H]1CCN(C(=O)C2(O)COC2)C[C@@H]1F. The number of ether oxygens (including phenoxy) is 3. The second-order valence-electron chi connectivity index (χ2n) is 12.1. The Morgan fingerprint density at radius 3 is 2.50 bits per heavy atom. The van der Waals surface area contributed by atoms with Gasteiger partial charge in [-0.1, -0.05) is 0 Å². The maximum Gasteiger partial charge on any atom is 0.259 e. The third kappa shape index (κ3) is 6.19. The van der Waals surface area contributed by atoms with Crippen LogP contribution in [0.15, 0.2) is 48.8 Å². The highest BCUT2D eigenvalue weighted by Crippen LogP contribution is 2.30. The zero-order chi connectivity index (χ0) is 31.7. The highest BCUT2D eigenvalue weighted by Gasteiger charge is 2.48. The molecule has 7 rings (SSSR count). The van der Waals surface area contributed by atoms with Gasteiger partial charge in [0.05, 0.1) is 44.6 Å². The minimum absolute atomic E-state index is 0.0849.